The number of hydrogen-bond donors (Lipinski definition) is 1. The fraction of sp³-hybridized carbons (Fsp3) is 0. The van der Waals surface area contributed by atoms with E-state index in [0.717, 1.165) is 11.9 Å². The molecule has 0 saturated heterocycles. The van der Waals surface area contributed by atoms with Gasteiger partial charge in [0.2, 0.25) is 6.26 Å². The fourth-order valence-electron chi connectivity index (χ4n) is 0.628. The highest BCUT2D eigenvalue weighted by molar-refractivity contribution is 5.44. The van der Waals surface area contributed by atoms with Crippen LogP contribution in [-0.2, 0) is 9.63 Å². The van der Waals surface area contributed by atoms with Crippen LogP contribution < -0.4 is 5.48 Å². The Bertz CT molecular complexity index is 252. The minimum absolute atomic E-state index is 0.791. The van der Waals surface area contributed by atoms with Crippen LogP contribution in [0.25, 0.3) is 0 Å². The number of hydrogen-bond acceptors (Lipinski definition) is 3. The highest BCUT2D eigenvalue weighted by atomic mass is 16.6. The number of anilines is 1. The molecule has 56 valence electrons. The summed E-state index contributed by atoms with van der Waals surface area (Å²) >= 11 is 0. The third kappa shape index (κ3) is 2.56. The monoisotopic (exact) mass is 149 g/mol. The summed E-state index contributed by atoms with van der Waals surface area (Å²) in [5.74, 6) is 1.48. The van der Waals surface area contributed by atoms with Crippen molar-refractivity contribution in [2.24, 2.45) is 0 Å². The molecule has 0 aliphatic carbocycles. The second kappa shape index (κ2) is 4.14. The second-order valence-corrected chi connectivity index (χ2v) is 1.82. The Labute approximate surface area is 64.3 Å². The molecular weight excluding hydrogens is 142 g/mol. The summed E-state index contributed by atoms with van der Waals surface area (Å²) in [6.45, 7) is 0. The van der Waals surface area contributed by atoms with Crippen molar-refractivity contribution in [1.82, 2.24) is 0 Å². The van der Waals surface area contributed by atoms with E-state index in [0.29, 0.717) is 0 Å². The van der Waals surface area contributed by atoms with Crippen molar-refractivity contribution in [3.05, 3.63) is 36.6 Å². The number of benzene rings is 1. The lowest BCUT2D eigenvalue weighted by molar-refractivity contribution is 0.332. The number of nitrogens with one attached hydrogen (secondary N) is 1. The molecule has 1 N–H and O–H groups in total. The number of rotatable bonds is 3. The Morgan fingerprint density at radius 1 is 1.36 bits per heavy atom. The van der Waals surface area contributed by atoms with Gasteiger partial charge in [-0.15, -0.1) is 0 Å². The van der Waals surface area contributed by atoms with Crippen molar-refractivity contribution in [3.8, 4) is 0 Å². The second-order valence-electron chi connectivity index (χ2n) is 1.82. The van der Waals surface area contributed by atoms with E-state index >= 15 is 0 Å². The van der Waals surface area contributed by atoms with Crippen molar-refractivity contribution in [3.63, 3.8) is 0 Å². The van der Waals surface area contributed by atoms with Crippen LogP contribution in [0.5, 0.6) is 0 Å². The van der Waals surface area contributed by atoms with Crippen molar-refractivity contribution in [2.75, 3.05) is 5.48 Å². The van der Waals surface area contributed by atoms with Crippen molar-refractivity contribution < 1.29 is 9.63 Å². The molecule has 11 heavy (non-hydrogen) atoms. The Hall–Kier alpha value is -1.73. The van der Waals surface area contributed by atoms with Crippen molar-refractivity contribution >= 4 is 11.6 Å². The van der Waals surface area contributed by atoms with Crippen LogP contribution in [0.3, 0.4) is 0 Å². The van der Waals surface area contributed by atoms with Gasteiger partial charge in [-0.3, -0.25) is 0 Å². The quantitative estimate of drug-likeness (QED) is 0.400. The van der Waals surface area contributed by atoms with E-state index < -0.39 is 0 Å². The van der Waals surface area contributed by atoms with Gasteiger partial charge in [0.15, 0.2) is 5.94 Å². The van der Waals surface area contributed by atoms with Gasteiger partial charge in [0, 0.05) is 0 Å². The molecule has 0 heterocycles. The van der Waals surface area contributed by atoms with E-state index in [9.17, 15) is 4.79 Å². The number of para-hydroxylation sites is 1. The molecule has 0 aliphatic rings. The zero-order chi connectivity index (χ0) is 7.94. The molecule has 0 saturated carbocycles. The van der Waals surface area contributed by atoms with Crippen LogP contribution in [0.1, 0.15) is 0 Å². The maximum atomic E-state index is 9.65. The molecule has 3 heteroatoms. The van der Waals surface area contributed by atoms with E-state index in [1.54, 1.807) is 0 Å². The van der Waals surface area contributed by atoms with Crippen LogP contribution >= 0.6 is 0 Å². The third-order valence-corrected chi connectivity index (χ3v) is 1.06. The SMILES string of the molecule is O=C=CONc1ccccc1. The lowest BCUT2D eigenvalue weighted by Crippen LogP contribution is -1.93. The van der Waals surface area contributed by atoms with Crippen molar-refractivity contribution in [2.45, 2.75) is 0 Å². The normalized spacial score (nSPS) is 8.00. The molecule has 0 unspecified atom stereocenters. The van der Waals surface area contributed by atoms with Gasteiger partial charge in [0.1, 0.15) is 0 Å². The summed E-state index contributed by atoms with van der Waals surface area (Å²) in [6.07, 6.45) is 0.910. The molecule has 1 aromatic rings. The molecule has 1 aromatic carbocycles. The molecule has 1 rings (SSSR count). The third-order valence-electron chi connectivity index (χ3n) is 1.06. The van der Waals surface area contributed by atoms with E-state index in [1.807, 2.05) is 30.3 Å². The molecule has 0 amide bonds. The summed E-state index contributed by atoms with van der Waals surface area (Å²) in [7, 11) is 0. The predicted molar refractivity (Wildman–Crippen MR) is 41.4 cm³/mol. The van der Waals surface area contributed by atoms with Gasteiger partial charge >= 0.3 is 0 Å². The predicted octanol–water partition coefficient (Wildman–Crippen LogP) is 1.38. The Balaban J connectivity index is 2.45. The van der Waals surface area contributed by atoms with Gasteiger partial charge in [-0.1, -0.05) is 18.2 Å². The summed E-state index contributed by atoms with van der Waals surface area (Å²) in [4.78, 5) is 14.2. The molecule has 0 atom stereocenters. The smallest absolute Gasteiger partial charge is 0.202 e. The average molecular weight is 149 g/mol. The van der Waals surface area contributed by atoms with Crippen LogP contribution in [0.4, 0.5) is 5.69 Å². The number of carbonyl (C=O) groups excluding carboxylic acids is 1. The molecule has 0 radical (unpaired) electrons. The van der Waals surface area contributed by atoms with E-state index in [-0.39, 0.29) is 0 Å². The molecule has 0 spiro atoms. The minimum atomic E-state index is 0.791. The lowest BCUT2D eigenvalue weighted by atomic mass is 10.3. The van der Waals surface area contributed by atoms with E-state index in [2.05, 4.69) is 10.3 Å². The topological polar surface area (TPSA) is 38.3 Å². The standard InChI is InChI=1S/C8H7NO2/c10-6-7-11-9-8-4-2-1-3-5-8/h1-5,7,9H. The highest BCUT2D eigenvalue weighted by Gasteiger charge is 1.84. The maximum absolute atomic E-state index is 9.65. The molecule has 0 fully saturated rings. The first-order valence-corrected chi connectivity index (χ1v) is 3.09. The van der Waals surface area contributed by atoms with Gasteiger partial charge in [0.25, 0.3) is 0 Å². The van der Waals surface area contributed by atoms with Gasteiger partial charge in [-0.25, -0.2) is 10.3 Å². The summed E-state index contributed by atoms with van der Waals surface area (Å²) in [6, 6.07) is 9.24. The minimum Gasteiger partial charge on any atom is -0.378 e. The highest BCUT2D eigenvalue weighted by Crippen LogP contribution is 2.03. The largest absolute Gasteiger partial charge is 0.378 e. The fourth-order valence-corrected chi connectivity index (χ4v) is 0.628. The van der Waals surface area contributed by atoms with E-state index in [4.69, 9.17) is 0 Å². The average Bonchev–Trinajstić information content (AvgIpc) is 2.07. The zero-order valence-corrected chi connectivity index (χ0v) is 5.78. The van der Waals surface area contributed by atoms with Gasteiger partial charge in [-0.2, -0.15) is 0 Å². The Morgan fingerprint density at radius 2 is 2.09 bits per heavy atom. The Kier molecular flexibility index (Phi) is 2.78. The van der Waals surface area contributed by atoms with Gasteiger partial charge in [0.05, 0.1) is 5.69 Å². The maximum Gasteiger partial charge on any atom is 0.202 e. The van der Waals surface area contributed by atoms with Crippen LogP contribution in [0.15, 0.2) is 36.6 Å². The van der Waals surface area contributed by atoms with E-state index in [1.165, 1.54) is 5.94 Å². The zero-order valence-electron chi connectivity index (χ0n) is 5.78. The molecule has 0 aliphatic heterocycles. The van der Waals surface area contributed by atoms with Crippen molar-refractivity contribution in [1.29, 1.82) is 0 Å². The first kappa shape index (κ1) is 7.38. The van der Waals surface area contributed by atoms with Gasteiger partial charge < -0.3 is 4.84 Å². The summed E-state index contributed by atoms with van der Waals surface area (Å²) < 4.78 is 0. The summed E-state index contributed by atoms with van der Waals surface area (Å²) in [5.41, 5.74) is 3.32. The molecule has 0 aromatic heterocycles. The summed E-state index contributed by atoms with van der Waals surface area (Å²) in [5, 5.41) is 0. The lowest BCUT2D eigenvalue weighted by Gasteiger charge is -2.00. The first-order chi connectivity index (χ1) is 5.43. The molecule has 3 nitrogen and oxygen atoms in total. The molecule has 0 bridgehead atoms. The Morgan fingerprint density at radius 3 is 2.73 bits per heavy atom. The van der Waals surface area contributed by atoms with Crippen LogP contribution in [0.2, 0.25) is 0 Å². The first-order valence-electron chi connectivity index (χ1n) is 3.09. The van der Waals surface area contributed by atoms with Crippen LogP contribution in [0, 0.1) is 0 Å². The van der Waals surface area contributed by atoms with Crippen LogP contribution in [-0.4, -0.2) is 5.94 Å². The molecular formula is C8H7NO2. The van der Waals surface area contributed by atoms with Gasteiger partial charge in [-0.05, 0) is 12.1 Å².